The Morgan fingerprint density at radius 3 is 2.61 bits per heavy atom. The van der Waals surface area contributed by atoms with E-state index in [2.05, 4.69) is 96.0 Å². The standard InChI is InChI=1S/C25H22Br2S/c1-12-8-20-16(6-5-7-22(20)26)17(12)10-18-13(2)9-21-19(18)11-23-24(25(21)27)14(3)15(4)28-23/h5-9,11,15,17H,10H2,1-4H3. The van der Waals surface area contributed by atoms with Crippen LogP contribution in [0.15, 0.2) is 49.3 Å². The number of thioether (sulfide) groups is 1. The van der Waals surface area contributed by atoms with Crippen molar-refractivity contribution in [2.75, 3.05) is 0 Å². The van der Waals surface area contributed by atoms with Crippen LogP contribution in [0.3, 0.4) is 0 Å². The smallest absolute Gasteiger partial charge is 0.0337 e. The molecule has 0 amide bonds. The van der Waals surface area contributed by atoms with Gasteiger partial charge in [-0.25, -0.2) is 0 Å². The third-order valence-electron chi connectivity index (χ3n) is 6.53. The monoisotopic (exact) mass is 512 g/mol. The molecule has 1 heterocycles. The van der Waals surface area contributed by atoms with E-state index in [1.54, 1.807) is 0 Å². The number of fused-ring (bicyclic) bond motifs is 3. The molecule has 28 heavy (non-hydrogen) atoms. The maximum atomic E-state index is 3.96. The van der Waals surface area contributed by atoms with Crippen LogP contribution in [0.4, 0.5) is 0 Å². The Labute approximate surface area is 187 Å². The molecule has 2 aromatic carbocycles. The van der Waals surface area contributed by atoms with E-state index in [1.165, 1.54) is 63.3 Å². The van der Waals surface area contributed by atoms with Crippen molar-refractivity contribution in [1.29, 1.82) is 0 Å². The zero-order valence-electron chi connectivity index (χ0n) is 16.5. The molecular formula is C25H22Br2S. The third-order valence-corrected chi connectivity index (χ3v) is 9.33. The molecule has 142 valence electrons. The van der Waals surface area contributed by atoms with Crippen LogP contribution in [0.2, 0.25) is 0 Å². The molecular weight excluding hydrogens is 492 g/mol. The zero-order valence-corrected chi connectivity index (χ0v) is 20.5. The quantitative estimate of drug-likeness (QED) is 0.415. The van der Waals surface area contributed by atoms with Gasteiger partial charge in [0.2, 0.25) is 0 Å². The van der Waals surface area contributed by atoms with Gasteiger partial charge in [-0.2, -0.15) is 0 Å². The van der Waals surface area contributed by atoms with Gasteiger partial charge in [0.05, 0.1) is 0 Å². The van der Waals surface area contributed by atoms with Crippen molar-refractivity contribution in [3.05, 3.63) is 71.5 Å². The Morgan fingerprint density at radius 1 is 1.04 bits per heavy atom. The zero-order chi connectivity index (χ0) is 19.7. The molecule has 2 unspecified atom stereocenters. The molecule has 0 saturated heterocycles. The largest absolute Gasteiger partial charge is 0.118 e. The first kappa shape index (κ1) is 19.0. The Kier molecular flexibility index (Phi) is 4.57. The molecule has 3 aliphatic rings. The lowest BCUT2D eigenvalue weighted by Crippen LogP contribution is -2.18. The molecule has 0 spiro atoms. The van der Waals surface area contributed by atoms with Gasteiger partial charge in [0.15, 0.2) is 0 Å². The molecule has 2 atom stereocenters. The Hall–Kier alpha value is -1.03. The van der Waals surface area contributed by atoms with Crippen LogP contribution in [0.25, 0.3) is 23.3 Å². The highest BCUT2D eigenvalue weighted by Crippen LogP contribution is 2.45. The number of hydrogen-bond donors (Lipinski definition) is 0. The molecule has 0 fully saturated rings. The van der Waals surface area contributed by atoms with Crippen LogP contribution in [0.5, 0.6) is 0 Å². The summed E-state index contributed by atoms with van der Waals surface area (Å²) in [5.74, 6) is 0.462. The second-order valence-electron chi connectivity index (χ2n) is 8.16. The van der Waals surface area contributed by atoms with Crippen LogP contribution in [0.1, 0.15) is 56.7 Å². The highest BCUT2D eigenvalue weighted by atomic mass is 79.9. The van der Waals surface area contributed by atoms with Gasteiger partial charge in [-0.3, -0.25) is 0 Å². The van der Waals surface area contributed by atoms with E-state index >= 15 is 0 Å². The van der Waals surface area contributed by atoms with Gasteiger partial charge in [0.1, 0.15) is 0 Å². The summed E-state index contributed by atoms with van der Waals surface area (Å²) >= 11 is 9.68. The Balaban J connectivity index is 1.67. The second kappa shape index (κ2) is 6.75. The highest BCUT2D eigenvalue weighted by molar-refractivity contribution is 9.10. The summed E-state index contributed by atoms with van der Waals surface area (Å²) in [6, 6.07) is 9.05. The van der Waals surface area contributed by atoms with Gasteiger partial charge in [0.25, 0.3) is 0 Å². The van der Waals surface area contributed by atoms with Crippen molar-refractivity contribution in [2.45, 2.75) is 50.2 Å². The summed E-state index contributed by atoms with van der Waals surface area (Å²) < 4.78 is 2.48. The van der Waals surface area contributed by atoms with E-state index in [-0.39, 0.29) is 0 Å². The number of hydrogen-bond acceptors (Lipinski definition) is 1. The maximum Gasteiger partial charge on any atom is 0.0337 e. The van der Waals surface area contributed by atoms with Crippen molar-refractivity contribution < 1.29 is 0 Å². The molecule has 0 nitrogen and oxygen atoms in total. The van der Waals surface area contributed by atoms with Crippen LogP contribution in [-0.2, 0) is 0 Å². The van der Waals surface area contributed by atoms with E-state index < -0.39 is 0 Å². The van der Waals surface area contributed by atoms with Crippen LogP contribution in [0, 0.1) is 0 Å². The van der Waals surface area contributed by atoms with Gasteiger partial charge < -0.3 is 0 Å². The fraction of sp³-hybridized carbons (Fsp3) is 0.280. The number of rotatable bonds is 2. The van der Waals surface area contributed by atoms with Crippen LogP contribution >= 0.6 is 43.6 Å². The van der Waals surface area contributed by atoms with Gasteiger partial charge >= 0.3 is 0 Å². The molecule has 2 aliphatic carbocycles. The molecule has 5 rings (SSSR count). The average Bonchev–Trinajstić information content (AvgIpc) is 3.24. The minimum atomic E-state index is 0.462. The van der Waals surface area contributed by atoms with Crippen molar-refractivity contribution >= 4 is 66.9 Å². The van der Waals surface area contributed by atoms with Gasteiger partial charge in [-0.05, 0) is 101 Å². The second-order valence-corrected chi connectivity index (χ2v) is 11.2. The lowest BCUT2D eigenvalue weighted by molar-refractivity contribution is 0.837. The minimum Gasteiger partial charge on any atom is -0.118 e. The molecule has 0 radical (unpaired) electrons. The predicted octanol–water partition coefficient (Wildman–Crippen LogP) is 7.03. The first-order valence-corrected chi connectivity index (χ1v) is 12.2. The fourth-order valence-corrected chi connectivity index (χ4v) is 7.54. The maximum absolute atomic E-state index is 3.96. The Morgan fingerprint density at radius 2 is 1.82 bits per heavy atom. The van der Waals surface area contributed by atoms with E-state index in [1.807, 2.05) is 11.8 Å². The number of benzene rings is 2. The van der Waals surface area contributed by atoms with Gasteiger partial charge in [-0.1, -0.05) is 45.3 Å². The number of allylic oxidation sites excluding steroid dienone is 2. The van der Waals surface area contributed by atoms with E-state index in [0.717, 1.165) is 6.42 Å². The van der Waals surface area contributed by atoms with Crippen molar-refractivity contribution in [3.8, 4) is 0 Å². The molecule has 1 aliphatic heterocycles. The lowest BCUT2D eigenvalue weighted by Gasteiger charge is -2.17. The van der Waals surface area contributed by atoms with E-state index in [9.17, 15) is 0 Å². The van der Waals surface area contributed by atoms with E-state index in [4.69, 9.17) is 0 Å². The summed E-state index contributed by atoms with van der Waals surface area (Å²) in [7, 11) is 0. The highest BCUT2D eigenvalue weighted by Gasteiger charge is 2.28. The minimum absolute atomic E-state index is 0.462. The molecule has 2 aromatic rings. The van der Waals surface area contributed by atoms with Crippen molar-refractivity contribution in [3.63, 3.8) is 0 Å². The first-order valence-electron chi connectivity index (χ1n) is 9.75. The summed E-state index contributed by atoms with van der Waals surface area (Å²) in [6.07, 6.45) is 5.80. The molecule has 0 N–H and O–H groups in total. The summed E-state index contributed by atoms with van der Waals surface area (Å²) in [5.41, 5.74) is 10.0. The lowest BCUT2D eigenvalue weighted by atomic mass is 9.87. The third kappa shape index (κ3) is 2.69. The summed E-state index contributed by atoms with van der Waals surface area (Å²) in [4.78, 5) is 1.43. The van der Waals surface area contributed by atoms with Crippen molar-refractivity contribution in [2.24, 2.45) is 0 Å². The summed E-state index contributed by atoms with van der Waals surface area (Å²) in [5, 5.41) is 3.41. The molecule has 3 heteroatoms. The van der Waals surface area contributed by atoms with Crippen LogP contribution < -0.4 is 10.4 Å². The van der Waals surface area contributed by atoms with Crippen molar-refractivity contribution in [1.82, 2.24) is 0 Å². The molecule has 0 aromatic heterocycles. The predicted molar refractivity (Wildman–Crippen MR) is 130 cm³/mol. The average molecular weight is 514 g/mol. The molecule has 0 saturated carbocycles. The Bertz CT molecular complexity index is 1230. The SMILES string of the molecule is CC1=Cc2c(Br)c3c(cc2=C1CC1C(C)=Cc2c(Br)cccc21)SC(C)C=3C. The van der Waals surface area contributed by atoms with Gasteiger partial charge in [0, 0.05) is 30.2 Å². The normalized spacial score (nSPS) is 22.2. The summed E-state index contributed by atoms with van der Waals surface area (Å²) in [6.45, 7) is 9.14. The first-order chi connectivity index (χ1) is 13.4. The van der Waals surface area contributed by atoms with Gasteiger partial charge in [-0.15, -0.1) is 11.8 Å². The fourth-order valence-electron chi connectivity index (χ4n) is 4.82. The topological polar surface area (TPSA) is 0 Å². The van der Waals surface area contributed by atoms with Crippen LogP contribution in [-0.4, -0.2) is 5.25 Å². The van der Waals surface area contributed by atoms with E-state index in [0.29, 0.717) is 11.2 Å². The number of halogens is 2. The molecule has 0 bridgehead atoms.